The first-order valence-electron chi connectivity index (χ1n) is 13.7. The summed E-state index contributed by atoms with van der Waals surface area (Å²) >= 11 is 0. The number of aromatic nitrogens is 1. The normalized spacial score (nSPS) is 15.4. The quantitative estimate of drug-likeness (QED) is 0.244. The van der Waals surface area contributed by atoms with Gasteiger partial charge in [0.25, 0.3) is 5.91 Å². The fraction of sp³-hybridized carbons (Fsp3) is 0.387. The number of esters is 1. The topological polar surface area (TPSA) is 94.3 Å². The number of nitrogens with two attached hydrogens (primary N) is 1. The molecule has 7 heteroatoms. The van der Waals surface area contributed by atoms with Gasteiger partial charge < -0.3 is 15.8 Å². The number of hydrogen-bond acceptors (Lipinski definition) is 5. The zero-order valence-electron chi connectivity index (χ0n) is 23.0. The second-order valence-electron chi connectivity index (χ2n) is 10.6. The highest BCUT2D eigenvalue weighted by molar-refractivity contribution is 6.11. The molecule has 198 valence electrons. The van der Waals surface area contributed by atoms with Crippen LogP contribution in [-0.4, -0.2) is 37.4 Å². The molecule has 4 rings (SSSR count). The van der Waals surface area contributed by atoms with Crippen molar-refractivity contribution in [2.45, 2.75) is 70.1 Å². The third kappa shape index (κ3) is 5.62. The number of ether oxygens (including phenoxy) is 1. The van der Waals surface area contributed by atoms with Crippen molar-refractivity contribution in [1.29, 1.82) is 0 Å². The van der Waals surface area contributed by atoms with Gasteiger partial charge in [-0.3, -0.25) is 4.79 Å². The van der Waals surface area contributed by atoms with Crippen molar-refractivity contribution in [2.75, 3.05) is 12.8 Å². The van der Waals surface area contributed by atoms with E-state index in [2.05, 4.69) is 27.0 Å². The van der Waals surface area contributed by atoms with Crippen molar-refractivity contribution in [3.8, 4) is 22.4 Å². The predicted octanol–water partition coefficient (Wildman–Crippen LogP) is 5.29. The summed E-state index contributed by atoms with van der Waals surface area (Å²) < 4.78 is 5.09. The maximum Gasteiger partial charge on any atom is 0.331 e. The second kappa shape index (κ2) is 11.8. The second-order valence-corrected chi connectivity index (χ2v) is 10.6. The van der Waals surface area contributed by atoms with E-state index in [4.69, 9.17) is 15.5 Å². The molecule has 1 saturated carbocycles. The molecule has 0 radical (unpaired) electrons. The molecule has 3 aromatic rings. The van der Waals surface area contributed by atoms with Gasteiger partial charge in [0.05, 0.1) is 12.8 Å². The molecule has 1 amide bonds. The molecule has 0 saturated heterocycles. The Morgan fingerprint density at radius 2 is 1.74 bits per heavy atom. The summed E-state index contributed by atoms with van der Waals surface area (Å²) in [5.74, 6) is -0.267. The standard InChI is InChI=1S/C31H38BN3O3/c1-4-22(32)19-25-20(2)23(13-15-26(25)33)28-24(21-11-7-5-8-12-21)14-16-27(34-28)29(36)35-31(30(37)38-3)17-9-6-10-18-31/h5,7-8,11-16,22H,4,6,9-10,17-19,32-33H2,1-3H3,(H,35,36). The summed E-state index contributed by atoms with van der Waals surface area (Å²) in [5, 5.41) is 3.01. The highest BCUT2D eigenvalue weighted by atomic mass is 16.5. The molecule has 1 heterocycles. The fourth-order valence-electron chi connectivity index (χ4n) is 5.45. The van der Waals surface area contributed by atoms with Crippen LogP contribution >= 0.6 is 0 Å². The van der Waals surface area contributed by atoms with E-state index < -0.39 is 11.5 Å². The summed E-state index contributed by atoms with van der Waals surface area (Å²) in [7, 11) is 3.60. The Morgan fingerprint density at radius 3 is 2.39 bits per heavy atom. The highest BCUT2D eigenvalue weighted by Gasteiger charge is 2.42. The summed E-state index contributed by atoms with van der Waals surface area (Å²) in [4.78, 5) is 31.2. The summed E-state index contributed by atoms with van der Waals surface area (Å²) in [5.41, 5.74) is 12.3. The van der Waals surface area contributed by atoms with Crippen LogP contribution in [0, 0.1) is 6.92 Å². The molecule has 38 heavy (non-hydrogen) atoms. The maximum atomic E-state index is 13.6. The Kier molecular flexibility index (Phi) is 8.55. The molecule has 6 nitrogen and oxygen atoms in total. The molecule has 3 N–H and O–H groups in total. The number of anilines is 1. The molecule has 1 unspecified atom stereocenters. The monoisotopic (exact) mass is 511 g/mol. The number of benzene rings is 2. The molecule has 0 bridgehead atoms. The van der Waals surface area contributed by atoms with Crippen LogP contribution in [0.25, 0.3) is 22.4 Å². The molecule has 1 fully saturated rings. The maximum absolute atomic E-state index is 13.6. The summed E-state index contributed by atoms with van der Waals surface area (Å²) in [6, 6.07) is 17.7. The van der Waals surface area contributed by atoms with Crippen LogP contribution in [0.1, 0.15) is 67.1 Å². The molecule has 1 aliphatic rings. The first-order valence-corrected chi connectivity index (χ1v) is 13.7. The van der Waals surface area contributed by atoms with E-state index in [1.807, 2.05) is 48.5 Å². The third-order valence-corrected chi connectivity index (χ3v) is 7.99. The number of nitrogens with zero attached hydrogens (tertiary/aromatic N) is 1. The average Bonchev–Trinajstić information content (AvgIpc) is 2.95. The van der Waals surface area contributed by atoms with Crippen molar-refractivity contribution >= 4 is 25.4 Å². The van der Waals surface area contributed by atoms with Gasteiger partial charge in [0.2, 0.25) is 0 Å². The van der Waals surface area contributed by atoms with Crippen molar-refractivity contribution in [3.05, 3.63) is 71.4 Å². The molecular weight excluding hydrogens is 473 g/mol. The van der Waals surface area contributed by atoms with Crippen LogP contribution in [0.15, 0.2) is 54.6 Å². The number of hydrogen-bond donors (Lipinski definition) is 2. The smallest absolute Gasteiger partial charge is 0.331 e. The lowest BCUT2D eigenvalue weighted by Crippen LogP contribution is -2.56. The van der Waals surface area contributed by atoms with Crippen LogP contribution in [0.4, 0.5) is 5.69 Å². The van der Waals surface area contributed by atoms with Crippen LogP contribution < -0.4 is 11.1 Å². The van der Waals surface area contributed by atoms with Crippen molar-refractivity contribution in [1.82, 2.24) is 10.3 Å². The van der Waals surface area contributed by atoms with E-state index >= 15 is 0 Å². The van der Waals surface area contributed by atoms with Gasteiger partial charge in [-0.2, -0.15) is 0 Å². The molecule has 0 aliphatic heterocycles. The van der Waals surface area contributed by atoms with Gasteiger partial charge in [-0.25, -0.2) is 9.78 Å². The fourth-order valence-corrected chi connectivity index (χ4v) is 5.45. The minimum Gasteiger partial charge on any atom is -0.467 e. The van der Waals surface area contributed by atoms with Crippen molar-refractivity contribution in [2.24, 2.45) is 0 Å². The van der Waals surface area contributed by atoms with Crippen LogP contribution in [-0.2, 0) is 16.0 Å². The minimum absolute atomic E-state index is 0.272. The van der Waals surface area contributed by atoms with Crippen LogP contribution in [0.2, 0.25) is 5.82 Å². The SMILES string of the molecule is BC(CC)Cc1c(N)ccc(-c2nc(C(=O)NC3(C(=O)OC)CCCCC3)ccc2-c2ccccc2)c1C. The number of carbonyl (C=O) groups excluding carboxylic acids is 2. The van der Waals surface area contributed by atoms with Crippen LogP contribution in [0.5, 0.6) is 0 Å². The van der Waals surface area contributed by atoms with Crippen molar-refractivity contribution < 1.29 is 14.3 Å². The van der Waals surface area contributed by atoms with E-state index in [-0.39, 0.29) is 11.6 Å². The van der Waals surface area contributed by atoms with Gasteiger partial charge in [0.1, 0.15) is 19.1 Å². The lowest BCUT2D eigenvalue weighted by atomic mass is 9.78. The van der Waals surface area contributed by atoms with Gasteiger partial charge in [-0.1, -0.05) is 74.8 Å². The van der Waals surface area contributed by atoms with Crippen LogP contribution in [0.3, 0.4) is 0 Å². The number of nitrogens with one attached hydrogen (secondary N) is 1. The highest BCUT2D eigenvalue weighted by Crippen LogP contribution is 2.37. The van der Waals surface area contributed by atoms with Gasteiger partial charge in [0, 0.05) is 16.8 Å². The summed E-state index contributed by atoms with van der Waals surface area (Å²) in [6.07, 6.45) is 5.85. The Morgan fingerprint density at radius 1 is 1.05 bits per heavy atom. The van der Waals surface area contributed by atoms with E-state index in [0.717, 1.165) is 71.3 Å². The number of amides is 1. The minimum atomic E-state index is -1.01. The van der Waals surface area contributed by atoms with Gasteiger partial charge in [-0.05, 0) is 61.1 Å². The van der Waals surface area contributed by atoms with Gasteiger partial charge >= 0.3 is 5.97 Å². The summed E-state index contributed by atoms with van der Waals surface area (Å²) in [6.45, 7) is 4.27. The molecular formula is C31H38BN3O3. The number of methoxy groups -OCH3 is 1. The largest absolute Gasteiger partial charge is 0.467 e. The van der Waals surface area contributed by atoms with Gasteiger partial charge in [-0.15, -0.1) is 0 Å². The molecule has 1 atom stereocenters. The third-order valence-electron chi connectivity index (χ3n) is 7.99. The Bertz CT molecular complexity index is 1300. The first kappa shape index (κ1) is 27.4. The van der Waals surface area contributed by atoms with E-state index in [1.165, 1.54) is 7.11 Å². The predicted molar refractivity (Wildman–Crippen MR) is 156 cm³/mol. The number of rotatable bonds is 8. The zero-order valence-corrected chi connectivity index (χ0v) is 23.0. The van der Waals surface area contributed by atoms with E-state index in [0.29, 0.717) is 18.7 Å². The van der Waals surface area contributed by atoms with Gasteiger partial charge in [0.15, 0.2) is 0 Å². The molecule has 2 aromatic carbocycles. The van der Waals surface area contributed by atoms with E-state index in [1.54, 1.807) is 6.07 Å². The number of nitrogen functional groups attached to an aromatic ring is 1. The lowest BCUT2D eigenvalue weighted by Gasteiger charge is -2.35. The zero-order chi connectivity index (χ0) is 27.3. The Labute approximate surface area is 226 Å². The average molecular weight is 511 g/mol. The molecule has 0 spiro atoms. The Balaban J connectivity index is 1.81. The Hall–Kier alpha value is -3.61. The first-order chi connectivity index (χ1) is 18.3. The molecule has 1 aliphatic carbocycles. The molecule has 1 aromatic heterocycles. The number of carbonyl (C=O) groups is 2. The van der Waals surface area contributed by atoms with Crippen molar-refractivity contribution in [3.63, 3.8) is 0 Å². The van der Waals surface area contributed by atoms with E-state index in [9.17, 15) is 9.59 Å². The number of pyridine rings is 1. The lowest BCUT2D eigenvalue weighted by molar-refractivity contribution is -0.149.